The third kappa shape index (κ3) is 9.45. The summed E-state index contributed by atoms with van der Waals surface area (Å²) in [4.78, 5) is 71.9. The predicted molar refractivity (Wildman–Crippen MR) is 147 cm³/mol. The fourth-order valence-corrected chi connectivity index (χ4v) is 4.33. The van der Waals surface area contributed by atoms with Gasteiger partial charge in [0, 0.05) is 12.8 Å². The lowest BCUT2D eigenvalue weighted by Crippen LogP contribution is -2.23. The Balaban J connectivity index is 0.000000430. The van der Waals surface area contributed by atoms with Crippen molar-refractivity contribution in [3.8, 4) is 0 Å². The maximum absolute atomic E-state index is 12.1. The molecule has 0 aromatic rings. The van der Waals surface area contributed by atoms with Crippen LogP contribution in [-0.4, -0.2) is 88.2 Å². The van der Waals surface area contributed by atoms with E-state index in [1.165, 1.54) is 7.11 Å². The molecule has 0 fully saturated rings. The van der Waals surface area contributed by atoms with Crippen molar-refractivity contribution >= 4 is 35.8 Å². The minimum Gasteiger partial charge on any atom is -0.511 e. The van der Waals surface area contributed by atoms with Gasteiger partial charge in [-0.3, -0.25) is 0 Å². The molecule has 0 aromatic carbocycles. The van der Waals surface area contributed by atoms with Gasteiger partial charge in [-0.25, -0.2) is 28.8 Å². The highest BCUT2D eigenvalue weighted by atomic mass is 16.5. The highest BCUT2D eigenvalue weighted by Crippen LogP contribution is 2.31. The number of carbonyl (C=O) groups is 6. The number of aliphatic hydroxyl groups is 2. The summed E-state index contributed by atoms with van der Waals surface area (Å²) < 4.78 is 28.1. The molecule has 0 heterocycles. The second-order valence-corrected chi connectivity index (χ2v) is 8.94. The van der Waals surface area contributed by atoms with Crippen LogP contribution in [0.2, 0.25) is 0 Å². The number of ether oxygens (including phenoxy) is 6. The summed E-state index contributed by atoms with van der Waals surface area (Å²) in [7, 11) is 5.66. The molecule has 0 saturated heterocycles. The second-order valence-electron chi connectivity index (χ2n) is 8.94. The monoisotopic (exact) mass is 610 g/mol. The van der Waals surface area contributed by atoms with Crippen LogP contribution in [0.4, 0.5) is 0 Å². The van der Waals surface area contributed by atoms with Crippen LogP contribution in [0.15, 0.2) is 45.0 Å². The standard InChI is InChI=1S/C15H20O7.C14H18O7/c1-4-22-13(17)9-7-5-6-8-10(16)12(15(19)21-3)11(9)14(18)20-2;1-19-12(16)8-6-4-5-7-9(15)11(14(18)21-3)10(8)13(17)20-2/h16H,4-8H2,1-3H3;15H,4-7H2,1-3H3/b11-9-,12-10-;10-8-,11-9-. The number of carbonyl (C=O) groups excluding carboxylic acids is 6. The van der Waals surface area contributed by atoms with Crippen molar-refractivity contribution in [1.82, 2.24) is 0 Å². The summed E-state index contributed by atoms with van der Waals surface area (Å²) in [6.45, 7) is 1.76. The minimum absolute atomic E-state index is 0.00370. The number of esters is 6. The quantitative estimate of drug-likeness (QED) is 0.315. The Morgan fingerprint density at radius 3 is 1.12 bits per heavy atom. The highest BCUT2D eigenvalue weighted by molar-refractivity contribution is 6.13. The van der Waals surface area contributed by atoms with Crippen LogP contribution >= 0.6 is 0 Å². The summed E-state index contributed by atoms with van der Waals surface area (Å²) >= 11 is 0. The Morgan fingerprint density at radius 1 is 0.488 bits per heavy atom. The van der Waals surface area contributed by atoms with Gasteiger partial charge in [0.2, 0.25) is 0 Å². The first-order valence-corrected chi connectivity index (χ1v) is 13.3. The number of rotatable bonds is 7. The van der Waals surface area contributed by atoms with E-state index in [-0.39, 0.29) is 77.2 Å². The van der Waals surface area contributed by atoms with Gasteiger partial charge in [-0.05, 0) is 45.4 Å². The van der Waals surface area contributed by atoms with Crippen LogP contribution < -0.4 is 0 Å². The molecule has 0 bridgehead atoms. The first kappa shape index (κ1) is 36.4. The van der Waals surface area contributed by atoms with E-state index in [0.717, 1.165) is 28.4 Å². The molecule has 238 valence electrons. The maximum Gasteiger partial charge on any atom is 0.342 e. The lowest BCUT2D eigenvalue weighted by Gasteiger charge is -2.18. The lowest BCUT2D eigenvalue weighted by molar-refractivity contribution is -0.141. The van der Waals surface area contributed by atoms with E-state index in [9.17, 15) is 39.0 Å². The molecule has 0 aromatic heterocycles. The molecule has 2 rings (SSSR count). The normalized spacial score (nSPS) is 22.6. The minimum atomic E-state index is -0.906. The van der Waals surface area contributed by atoms with Crippen LogP contribution in [0, 0.1) is 0 Å². The Kier molecular flexibility index (Phi) is 15.3. The molecular weight excluding hydrogens is 572 g/mol. The van der Waals surface area contributed by atoms with Crippen molar-refractivity contribution in [1.29, 1.82) is 0 Å². The topological polar surface area (TPSA) is 198 Å². The van der Waals surface area contributed by atoms with Gasteiger partial charge in [0.1, 0.15) is 22.7 Å². The number of hydrogen-bond donors (Lipinski definition) is 2. The molecule has 0 atom stereocenters. The Hall–Kier alpha value is -4.62. The van der Waals surface area contributed by atoms with Gasteiger partial charge in [0.05, 0.1) is 64.4 Å². The lowest BCUT2D eigenvalue weighted by atomic mass is 9.91. The van der Waals surface area contributed by atoms with Crippen LogP contribution in [0.3, 0.4) is 0 Å². The van der Waals surface area contributed by atoms with Gasteiger partial charge < -0.3 is 38.6 Å². The van der Waals surface area contributed by atoms with E-state index in [1.54, 1.807) is 6.92 Å². The van der Waals surface area contributed by atoms with Crippen molar-refractivity contribution in [2.75, 3.05) is 42.2 Å². The molecule has 14 heteroatoms. The van der Waals surface area contributed by atoms with Crippen LogP contribution in [-0.2, 0) is 57.2 Å². The molecule has 2 aliphatic rings. The first-order chi connectivity index (χ1) is 20.4. The smallest absolute Gasteiger partial charge is 0.342 e. The molecule has 0 saturated carbocycles. The second kappa shape index (κ2) is 18.0. The number of methoxy groups -OCH3 is 5. The SMILES string of the molecule is CCOC(=O)/C1=C(C(=O)OC)/C(C(=O)OC)=C(/O)CCCC1.COC(=O)/C1=C(C(=O)OC)/C(C(=O)OC)=C(/O)CCCC1. The molecule has 2 N–H and O–H groups in total. The van der Waals surface area contributed by atoms with Crippen LogP contribution in [0.25, 0.3) is 0 Å². The average molecular weight is 611 g/mol. The number of hydrogen-bond acceptors (Lipinski definition) is 14. The Morgan fingerprint density at radius 2 is 0.791 bits per heavy atom. The van der Waals surface area contributed by atoms with E-state index in [0.29, 0.717) is 25.7 Å². The zero-order valence-electron chi connectivity index (χ0n) is 25.2. The van der Waals surface area contributed by atoms with Gasteiger partial charge in [-0.15, -0.1) is 0 Å². The van der Waals surface area contributed by atoms with Crippen molar-refractivity contribution in [2.24, 2.45) is 0 Å². The summed E-state index contributed by atoms with van der Waals surface area (Å²) in [5.41, 5.74) is -1.25. The molecule has 0 aliphatic heterocycles. The molecule has 14 nitrogen and oxygen atoms in total. The molecule has 2 aliphatic carbocycles. The summed E-state index contributed by atoms with van der Waals surface area (Å²) in [5, 5.41) is 20.2. The highest BCUT2D eigenvalue weighted by Gasteiger charge is 2.35. The van der Waals surface area contributed by atoms with E-state index < -0.39 is 35.8 Å². The van der Waals surface area contributed by atoms with E-state index in [2.05, 4.69) is 23.7 Å². The van der Waals surface area contributed by atoms with Crippen LogP contribution in [0.1, 0.15) is 58.3 Å². The summed E-state index contributed by atoms with van der Waals surface area (Å²) in [6, 6.07) is 0. The molecule has 0 unspecified atom stereocenters. The van der Waals surface area contributed by atoms with Gasteiger partial charge >= 0.3 is 35.8 Å². The predicted octanol–water partition coefficient (Wildman–Crippen LogP) is 2.77. The fourth-order valence-electron chi connectivity index (χ4n) is 4.33. The van der Waals surface area contributed by atoms with Gasteiger partial charge in [-0.1, -0.05) is 0 Å². The average Bonchev–Trinajstić information content (AvgIpc) is 2.99. The number of aliphatic hydroxyl groups excluding tert-OH is 2. The maximum atomic E-state index is 12.1. The Labute approximate surface area is 248 Å². The molecule has 0 radical (unpaired) electrons. The fraction of sp³-hybridized carbons (Fsp3) is 0.517. The molecular formula is C29H38O14. The Bertz CT molecular complexity index is 1230. The van der Waals surface area contributed by atoms with E-state index >= 15 is 0 Å². The van der Waals surface area contributed by atoms with Crippen LogP contribution in [0.5, 0.6) is 0 Å². The zero-order valence-corrected chi connectivity index (χ0v) is 25.2. The van der Waals surface area contributed by atoms with Gasteiger partial charge in [0.25, 0.3) is 0 Å². The molecule has 0 spiro atoms. The molecule has 43 heavy (non-hydrogen) atoms. The van der Waals surface area contributed by atoms with Crippen molar-refractivity contribution in [2.45, 2.75) is 58.3 Å². The summed E-state index contributed by atoms with van der Waals surface area (Å²) in [5.74, 6) is -5.65. The van der Waals surface area contributed by atoms with Gasteiger partial charge in [0.15, 0.2) is 0 Å². The van der Waals surface area contributed by atoms with Gasteiger partial charge in [-0.2, -0.15) is 0 Å². The third-order valence-electron chi connectivity index (χ3n) is 6.37. The third-order valence-corrected chi connectivity index (χ3v) is 6.37. The largest absolute Gasteiger partial charge is 0.511 e. The van der Waals surface area contributed by atoms with Crippen molar-refractivity contribution in [3.05, 3.63) is 45.0 Å². The van der Waals surface area contributed by atoms with E-state index in [1.807, 2.05) is 0 Å². The first-order valence-electron chi connectivity index (χ1n) is 13.3. The summed E-state index contributed by atoms with van der Waals surface area (Å²) in [6.07, 6.45) is 3.14. The number of allylic oxidation sites excluding steroid dienone is 2. The molecule has 0 amide bonds. The van der Waals surface area contributed by atoms with E-state index in [4.69, 9.17) is 4.74 Å². The van der Waals surface area contributed by atoms with Crippen molar-refractivity contribution in [3.63, 3.8) is 0 Å². The zero-order chi connectivity index (χ0) is 32.7. The van der Waals surface area contributed by atoms with Crippen molar-refractivity contribution < 1.29 is 67.4 Å².